The smallest absolute Gasteiger partial charge is 0.261 e. The molecule has 1 aromatic heterocycles. The van der Waals surface area contributed by atoms with Crippen LogP contribution in [0.25, 0.3) is 0 Å². The van der Waals surface area contributed by atoms with Crippen LogP contribution in [0.2, 0.25) is 5.02 Å². The number of hydrogen-bond acceptors (Lipinski definition) is 5. The predicted octanol–water partition coefficient (Wildman–Crippen LogP) is 3.86. The zero-order valence-corrected chi connectivity index (χ0v) is 19.3. The van der Waals surface area contributed by atoms with Gasteiger partial charge in [0.2, 0.25) is 5.91 Å². The number of pyridine rings is 1. The minimum atomic E-state index is -0.730. The average Bonchev–Trinajstić information content (AvgIpc) is 2.85. The zero-order chi connectivity index (χ0) is 23.6. The third-order valence-corrected chi connectivity index (χ3v) is 5.37. The molecule has 3 rings (SSSR count). The van der Waals surface area contributed by atoms with Gasteiger partial charge in [0.25, 0.3) is 5.91 Å². The van der Waals surface area contributed by atoms with Gasteiger partial charge in [-0.3, -0.25) is 14.6 Å². The summed E-state index contributed by atoms with van der Waals surface area (Å²) in [5.41, 5.74) is 1.72. The van der Waals surface area contributed by atoms with Crippen LogP contribution in [0.3, 0.4) is 0 Å². The second kappa shape index (κ2) is 11.9. The number of amides is 2. The summed E-state index contributed by atoms with van der Waals surface area (Å²) >= 11 is 6.13. The molecule has 2 amide bonds. The number of halogens is 1. The number of rotatable bonds is 10. The van der Waals surface area contributed by atoms with Gasteiger partial charge in [-0.1, -0.05) is 41.9 Å². The fourth-order valence-corrected chi connectivity index (χ4v) is 3.32. The molecule has 0 bridgehead atoms. The summed E-state index contributed by atoms with van der Waals surface area (Å²) in [6, 6.07) is 17.2. The average molecular weight is 468 g/mol. The molecule has 0 saturated carbocycles. The standard InChI is InChI=1S/C25H26ClN3O4/c1-18(25(31)28-15-20-6-5-13-27-14-20)29(16-19-9-11-21(32-2)12-10-19)24(30)17-33-23-8-4-3-7-22(23)26/h3-14,18H,15-17H2,1-2H3,(H,28,31)/t18-/m1/s1. The summed E-state index contributed by atoms with van der Waals surface area (Å²) in [5, 5.41) is 3.28. The van der Waals surface area contributed by atoms with E-state index in [4.69, 9.17) is 21.1 Å². The molecule has 7 nitrogen and oxygen atoms in total. The second-order valence-corrected chi connectivity index (χ2v) is 7.75. The zero-order valence-electron chi connectivity index (χ0n) is 18.5. The second-order valence-electron chi connectivity index (χ2n) is 7.34. The lowest BCUT2D eigenvalue weighted by atomic mass is 10.1. The number of nitrogens with one attached hydrogen (secondary N) is 1. The van der Waals surface area contributed by atoms with Crippen LogP contribution < -0.4 is 14.8 Å². The summed E-state index contributed by atoms with van der Waals surface area (Å²) in [5.74, 6) is 0.500. The van der Waals surface area contributed by atoms with E-state index in [0.29, 0.717) is 23.1 Å². The highest BCUT2D eigenvalue weighted by atomic mass is 35.5. The van der Waals surface area contributed by atoms with E-state index in [-0.39, 0.29) is 25.0 Å². The van der Waals surface area contributed by atoms with Gasteiger partial charge in [0.15, 0.2) is 6.61 Å². The molecule has 1 atom stereocenters. The van der Waals surface area contributed by atoms with Crippen LogP contribution in [0.4, 0.5) is 0 Å². The fraction of sp³-hybridized carbons (Fsp3) is 0.240. The van der Waals surface area contributed by atoms with E-state index in [1.54, 1.807) is 56.8 Å². The van der Waals surface area contributed by atoms with E-state index >= 15 is 0 Å². The van der Waals surface area contributed by atoms with Crippen molar-refractivity contribution in [3.8, 4) is 11.5 Å². The molecule has 33 heavy (non-hydrogen) atoms. The minimum absolute atomic E-state index is 0.232. The summed E-state index contributed by atoms with van der Waals surface area (Å²) in [6.45, 7) is 1.99. The first-order valence-corrected chi connectivity index (χ1v) is 10.8. The Balaban J connectivity index is 1.71. The molecule has 172 valence electrons. The molecule has 0 aliphatic rings. The van der Waals surface area contributed by atoms with Gasteiger partial charge in [0, 0.05) is 25.5 Å². The minimum Gasteiger partial charge on any atom is -0.497 e. The Morgan fingerprint density at radius 1 is 1.06 bits per heavy atom. The number of methoxy groups -OCH3 is 1. The Hall–Kier alpha value is -3.58. The number of carbonyl (C=O) groups excluding carboxylic acids is 2. The number of hydrogen-bond donors (Lipinski definition) is 1. The van der Waals surface area contributed by atoms with Crippen molar-refractivity contribution in [3.63, 3.8) is 0 Å². The first kappa shape index (κ1) is 24.1. The molecule has 0 spiro atoms. The maximum Gasteiger partial charge on any atom is 0.261 e. The van der Waals surface area contributed by atoms with Crippen molar-refractivity contribution < 1.29 is 19.1 Å². The topological polar surface area (TPSA) is 80.8 Å². The molecule has 2 aromatic carbocycles. The largest absolute Gasteiger partial charge is 0.497 e. The molecular weight excluding hydrogens is 442 g/mol. The van der Waals surface area contributed by atoms with Crippen LogP contribution in [0.15, 0.2) is 73.1 Å². The van der Waals surface area contributed by atoms with Crippen molar-refractivity contribution in [2.24, 2.45) is 0 Å². The van der Waals surface area contributed by atoms with Crippen LogP contribution >= 0.6 is 11.6 Å². The van der Waals surface area contributed by atoms with Crippen molar-refractivity contribution in [3.05, 3.63) is 89.2 Å². The van der Waals surface area contributed by atoms with Crippen molar-refractivity contribution in [1.29, 1.82) is 0 Å². The predicted molar refractivity (Wildman–Crippen MR) is 126 cm³/mol. The Morgan fingerprint density at radius 2 is 1.82 bits per heavy atom. The first-order chi connectivity index (χ1) is 16.0. The highest BCUT2D eigenvalue weighted by molar-refractivity contribution is 6.32. The van der Waals surface area contributed by atoms with Crippen molar-refractivity contribution in [2.45, 2.75) is 26.1 Å². The summed E-state index contributed by atoms with van der Waals surface area (Å²) in [7, 11) is 1.59. The number of ether oxygens (including phenoxy) is 2. The molecule has 3 aromatic rings. The number of carbonyl (C=O) groups is 2. The summed E-state index contributed by atoms with van der Waals surface area (Å²) in [4.78, 5) is 31.5. The summed E-state index contributed by atoms with van der Waals surface area (Å²) in [6.07, 6.45) is 3.35. The molecule has 1 heterocycles. The molecule has 0 fully saturated rings. The molecule has 0 aliphatic heterocycles. The number of para-hydroxylation sites is 1. The van der Waals surface area contributed by atoms with Gasteiger partial charge in [-0.15, -0.1) is 0 Å². The van der Waals surface area contributed by atoms with Gasteiger partial charge < -0.3 is 19.7 Å². The van der Waals surface area contributed by atoms with E-state index < -0.39 is 6.04 Å². The lowest BCUT2D eigenvalue weighted by Gasteiger charge is -2.29. The van der Waals surface area contributed by atoms with E-state index in [9.17, 15) is 9.59 Å². The van der Waals surface area contributed by atoms with Crippen LogP contribution in [-0.4, -0.2) is 41.5 Å². The van der Waals surface area contributed by atoms with E-state index in [1.165, 1.54) is 4.90 Å². The molecule has 0 unspecified atom stereocenters. The quantitative estimate of drug-likeness (QED) is 0.489. The van der Waals surface area contributed by atoms with Gasteiger partial charge in [0.05, 0.1) is 12.1 Å². The van der Waals surface area contributed by atoms with Crippen molar-refractivity contribution >= 4 is 23.4 Å². The van der Waals surface area contributed by atoms with Crippen LogP contribution in [0.5, 0.6) is 11.5 Å². The lowest BCUT2D eigenvalue weighted by Crippen LogP contribution is -2.48. The van der Waals surface area contributed by atoms with E-state index in [2.05, 4.69) is 10.3 Å². The fourth-order valence-electron chi connectivity index (χ4n) is 3.13. The molecule has 1 N–H and O–H groups in total. The lowest BCUT2D eigenvalue weighted by molar-refractivity contribution is -0.142. The number of benzene rings is 2. The molecule has 0 aliphatic carbocycles. The van der Waals surface area contributed by atoms with E-state index in [0.717, 1.165) is 11.1 Å². The van der Waals surface area contributed by atoms with Gasteiger partial charge in [-0.05, 0) is 48.4 Å². The van der Waals surface area contributed by atoms with Gasteiger partial charge in [0.1, 0.15) is 17.5 Å². The molecule has 0 saturated heterocycles. The molecular formula is C25H26ClN3O4. The highest BCUT2D eigenvalue weighted by Gasteiger charge is 2.26. The Bertz CT molecular complexity index is 1060. The Morgan fingerprint density at radius 3 is 2.48 bits per heavy atom. The van der Waals surface area contributed by atoms with Crippen LogP contribution in [-0.2, 0) is 22.7 Å². The van der Waals surface area contributed by atoms with Crippen molar-refractivity contribution in [2.75, 3.05) is 13.7 Å². The highest BCUT2D eigenvalue weighted by Crippen LogP contribution is 2.23. The first-order valence-electron chi connectivity index (χ1n) is 10.4. The monoisotopic (exact) mass is 467 g/mol. The maximum atomic E-state index is 13.1. The number of nitrogens with zero attached hydrogens (tertiary/aromatic N) is 2. The Kier molecular flexibility index (Phi) is 8.66. The van der Waals surface area contributed by atoms with E-state index in [1.807, 2.05) is 30.3 Å². The van der Waals surface area contributed by atoms with Gasteiger partial charge in [-0.2, -0.15) is 0 Å². The normalized spacial score (nSPS) is 11.4. The molecule has 8 heteroatoms. The van der Waals surface area contributed by atoms with Crippen LogP contribution in [0.1, 0.15) is 18.1 Å². The molecule has 0 radical (unpaired) electrons. The Labute approximate surface area is 198 Å². The summed E-state index contributed by atoms with van der Waals surface area (Å²) < 4.78 is 10.8. The van der Waals surface area contributed by atoms with Gasteiger partial charge >= 0.3 is 0 Å². The van der Waals surface area contributed by atoms with Crippen LogP contribution in [0, 0.1) is 0 Å². The maximum absolute atomic E-state index is 13.1. The third kappa shape index (κ3) is 6.95. The number of aromatic nitrogens is 1. The SMILES string of the molecule is COc1ccc(CN(C(=O)COc2ccccc2Cl)[C@H](C)C(=O)NCc2cccnc2)cc1. The third-order valence-electron chi connectivity index (χ3n) is 5.06. The van der Waals surface area contributed by atoms with Gasteiger partial charge in [-0.25, -0.2) is 0 Å². The van der Waals surface area contributed by atoms with Crippen molar-refractivity contribution in [1.82, 2.24) is 15.2 Å².